The summed E-state index contributed by atoms with van der Waals surface area (Å²) in [6, 6.07) is 17.0. The molecule has 1 aliphatic rings. The Labute approximate surface area is 177 Å². The molecule has 1 atom stereocenters. The number of fused-ring (bicyclic) bond motifs is 1. The van der Waals surface area contributed by atoms with Crippen LogP contribution in [0.2, 0.25) is 0 Å². The van der Waals surface area contributed by atoms with E-state index in [1.807, 2.05) is 47.9 Å². The van der Waals surface area contributed by atoms with Crippen LogP contribution in [0.4, 0.5) is 0 Å². The highest BCUT2D eigenvalue weighted by molar-refractivity contribution is 7.99. The molecule has 1 N–H and O–H groups in total. The van der Waals surface area contributed by atoms with Crippen molar-refractivity contribution in [2.75, 3.05) is 12.4 Å². The molecular weight excluding hydrogens is 404 g/mol. The second kappa shape index (κ2) is 9.00. The Morgan fingerprint density at radius 1 is 1.10 bits per heavy atom. The second-order valence-corrected chi connectivity index (χ2v) is 7.61. The average Bonchev–Trinajstić information content (AvgIpc) is 3.12. The van der Waals surface area contributed by atoms with Crippen molar-refractivity contribution < 1.29 is 19.1 Å². The van der Waals surface area contributed by atoms with Crippen molar-refractivity contribution in [3.8, 4) is 11.5 Å². The molecule has 4 rings (SSSR count). The van der Waals surface area contributed by atoms with Crippen LogP contribution >= 0.6 is 11.8 Å². The Balaban J connectivity index is 1.32. The molecule has 0 aliphatic carbocycles. The van der Waals surface area contributed by atoms with E-state index in [9.17, 15) is 9.59 Å². The zero-order chi connectivity index (χ0) is 20.9. The summed E-state index contributed by atoms with van der Waals surface area (Å²) in [5, 5.41) is 11.2. The van der Waals surface area contributed by atoms with Gasteiger partial charge in [-0.15, -0.1) is 10.2 Å². The highest BCUT2D eigenvalue weighted by Gasteiger charge is 2.28. The van der Waals surface area contributed by atoms with Gasteiger partial charge in [0.1, 0.15) is 12.4 Å². The van der Waals surface area contributed by atoms with Crippen LogP contribution in [0.25, 0.3) is 0 Å². The highest BCUT2D eigenvalue weighted by atomic mass is 32.2. The molecule has 8 nitrogen and oxygen atoms in total. The number of nitrogens with zero attached hydrogens (tertiary/aromatic N) is 3. The van der Waals surface area contributed by atoms with Crippen LogP contribution < -0.4 is 14.8 Å². The quantitative estimate of drug-likeness (QED) is 0.606. The first-order chi connectivity index (χ1) is 14.6. The summed E-state index contributed by atoms with van der Waals surface area (Å²) in [7, 11) is 0. The van der Waals surface area contributed by atoms with Gasteiger partial charge in [0.2, 0.25) is 12.0 Å². The van der Waals surface area contributed by atoms with Gasteiger partial charge in [0.15, 0.2) is 16.7 Å². The monoisotopic (exact) mass is 424 g/mol. The molecule has 0 saturated heterocycles. The van der Waals surface area contributed by atoms with E-state index in [2.05, 4.69) is 15.5 Å². The zero-order valence-electron chi connectivity index (χ0n) is 16.3. The van der Waals surface area contributed by atoms with Crippen LogP contribution in [0.1, 0.15) is 11.4 Å². The Bertz CT molecular complexity index is 1050. The molecule has 0 fully saturated rings. The number of amides is 2. The van der Waals surface area contributed by atoms with Crippen molar-refractivity contribution in [3.05, 3.63) is 66.0 Å². The Hall–Kier alpha value is -3.33. The smallest absolute Gasteiger partial charge is 0.271 e. The topological polar surface area (TPSA) is 95.3 Å². The van der Waals surface area contributed by atoms with E-state index in [1.54, 1.807) is 18.2 Å². The maximum absolute atomic E-state index is 12.4. The van der Waals surface area contributed by atoms with Gasteiger partial charge in [-0.25, -0.2) is 0 Å². The SMILES string of the molecule is Cc1nnc(SCC(=O)NC(=O)[C@H]2COc3ccccc3O2)n1Cc1ccccc1. The third kappa shape index (κ3) is 4.62. The van der Waals surface area contributed by atoms with Gasteiger partial charge < -0.3 is 14.0 Å². The summed E-state index contributed by atoms with van der Waals surface area (Å²) in [5.41, 5.74) is 1.11. The molecule has 1 aliphatic heterocycles. The molecule has 154 valence electrons. The first kappa shape index (κ1) is 20.0. The maximum atomic E-state index is 12.4. The standard InChI is InChI=1S/C21H20N4O4S/c1-14-23-24-21(25(14)11-15-7-3-2-4-8-15)30-13-19(26)22-20(27)18-12-28-16-9-5-6-10-17(16)29-18/h2-10,18H,11-13H2,1H3,(H,22,26,27)/t18-/m1/s1. The summed E-state index contributed by atoms with van der Waals surface area (Å²) in [4.78, 5) is 24.6. The minimum absolute atomic E-state index is 0.0306. The number of thioether (sulfide) groups is 1. The van der Waals surface area contributed by atoms with Gasteiger partial charge in [-0.1, -0.05) is 54.2 Å². The average molecular weight is 424 g/mol. The lowest BCUT2D eigenvalue weighted by molar-refractivity contribution is -0.135. The molecule has 9 heteroatoms. The van der Waals surface area contributed by atoms with Crippen molar-refractivity contribution in [2.45, 2.75) is 24.7 Å². The summed E-state index contributed by atoms with van der Waals surface area (Å²) < 4.78 is 13.1. The molecule has 2 aromatic carbocycles. The number of para-hydroxylation sites is 2. The highest BCUT2D eigenvalue weighted by Crippen LogP contribution is 2.30. The molecule has 2 heterocycles. The molecule has 0 saturated carbocycles. The third-order valence-corrected chi connectivity index (χ3v) is 5.45. The van der Waals surface area contributed by atoms with E-state index in [4.69, 9.17) is 9.47 Å². The van der Waals surface area contributed by atoms with E-state index in [0.29, 0.717) is 23.2 Å². The van der Waals surface area contributed by atoms with Gasteiger partial charge in [-0.2, -0.15) is 0 Å². The molecule has 0 bridgehead atoms. The lowest BCUT2D eigenvalue weighted by Crippen LogP contribution is -2.46. The molecule has 0 radical (unpaired) electrons. The molecule has 2 amide bonds. The predicted molar refractivity (Wildman–Crippen MR) is 111 cm³/mol. The lowest BCUT2D eigenvalue weighted by atomic mass is 10.2. The first-order valence-corrected chi connectivity index (χ1v) is 10.4. The summed E-state index contributed by atoms with van der Waals surface area (Å²) in [5.74, 6) is 0.885. The van der Waals surface area contributed by atoms with Crippen LogP contribution in [-0.4, -0.2) is 45.0 Å². The number of ether oxygens (including phenoxy) is 2. The number of carbonyl (C=O) groups excluding carboxylic acids is 2. The van der Waals surface area contributed by atoms with Crippen molar-refractivity contribution in [2.24, 2.45) is 0 Å². The fraction of sp³-hybridized carbons (Fsp3) is 0.238. The van der Waals surface area contributed by atoms with Crippen molar-refractivity contribution in [1.82, 2.24) is 20.1 Å². The predicted octanol–water partition coefficient (Wildman–Crippen LogP) is 2.21. The maximum Gasteiger partial charge on any atom is 0.271 e. The molecule has 0 spiro atoms. The van der Waals surface area contributed by atoms with Crippen LogP contribution in [0.3, 0.4) is 0 Å². The minimum Gasteiger partial charge on any atom is -0.485 e. The Morgan fingerprint density at radius 3 is 2.63 bits per heavy atom. The number of hydrogen-bond acceptors (Lipinski definition) is 7. The summed E-state index contributed by atoms with van der Waals surface area (Å²) in [6.07, 6.45) is -0.877. The van der Waals surface area contributed by atoms with E-state index in [0.717, 1.165) is 11.4 Å². The Kier molecular flexibility index (Phi) is 5.99. The number of hydrogen-bond donors (Lipinski definition) is 1. The van der Waals surface area contributed by atoms with Crippen molar-refractivity contribution in [3.63, 3.8) is 0 Å². The number of benzene rings is 2. The number of rotatable bonds is 6. The molecule has 0 unspecified atom stereocenters. The summed E-state index contributed by atoms with van der Waals surface area (Å²) >= 11 is 1.23. The fourth-order valence-electron chi connectivity index (χ4n) is 2.95. The molecule has 30 heavy (non-hydrogen) atoms. The van der Waals surface area contributed by atoms with E-state index in [1.165, 1.54) is 11.8 Å². The van der Waals surface area contributed by atoms with Gasteiger partial charge in [0, 0.05) is 0 Å². The Morgan fingerprint density at radius 2 is 1.83 bits per heavy atom. The van der Waals surface area contributed by atoms with Crippen molar-refractivity contribution >= 4 is 23.6 Å². The number of imide groups is 1. The van der Waals surface area contributed by atoms with Gasteiger partial charge in [0.05, 0.1) is 12.3 Å². The number of aromatic nitrogens is 3. The van der Waals surface area contributed by atoms with Gasteiger partial charge in [-0.3, -0.25) is 14.9 Å². The van der Waals surface area contributed by atoms with Crippen LogP contribution in [0.15, 0.2) is 59.8 Å². The molecular formula is C21H20N4O4S. The molecule has 3 aromatic rings. The number of nitrogens with one attached hydrogen (secondary N) is 1. The van der Waals surface area contributed by atoms with Crippen LogP contribution in [-0.2, 0) is 16.1 Å². The van der Waals surface area contributed by atoms with Crippen LogP contribution in [0, 0.1) is 6.92 Å². The van der Waals surface area contributed by atoms with E-state index < -0.39 is 17.9 Å². The molecule has 1 aromatic heterocycles. The van der Waals surface area contributed by atoms with Crippen molar-refractivity contribution in [1.29, 1.82) is 0 Å². The number of carbonyl (C=O) groups is 2. The fourth-order valence-corrected chi connectivity index (χ4v) is 3.73. The minimum atomic E-state index is -0.877. The van der Waals surface area contributed by atoms with Gasteiger partial charge in [-0.05, 0) is 24.6 Å². The normalized spacial score (nSPS) is 14.9. The van der Waals surface area contributed by atoms with Crippen LogP contribution in [0.5, 0.6) is 11.5 Å². The van der Waals surface area contributed by atoms with E-state index in [-0.39, 0.29) is 12.4 Å². The number of aryl methyl sites for hydroxylation is 1. The first-order valence-electron chi connectivity index (χ1n) is 9.39. The third-order valence-electron chi connectivity index (χ3n) is 4.48. The van der Waals surface area contributed by atoms with Gasteiger partial charge >= 0.3 is 0 Å². The van der Waals surface area contributed by atoms with E-state index >= 15 is 0 Å². The summed E-state index contributed by atoms with van der Waals surface area (Å²) in [6.45, 7) is 2.52. The zero-order valence-corrected chi connectivity index (χ0v) is 17.1. The lowest BCUT2D eigenvalue weighted by Gasteiger charge is -2.25. The second-order valence-electron chi connectivity index (χ2n) is 6.67. The largest absolute Gasteiger partial charge is 0.485 e. The van der Waals surface area contributed by atoms with Gasteiger partial charge in [0.25, 0.3) is 5.91 Å².